The van der Waals surface area contributed by atoms with Gasteiger partial charge < -0.3 is 15.3 Å². The lowest BCUT2D eigenvalue weighted by Crippen LogP contribution is -2.50. The van der Waals surface area contributed by atoms with E-state index in [1.807, 2.05) is 30.3 Å². The van der Waals surface area contributed by atoms with Crippen LogP contribution in [-0.4, -0.2) is 73.6 Å². The van der Waals surface area contributed by atoms with Crippen LogP contribution in [0, 0.1) is 0 Å². The van der Waals surface area contributed by atoms with Crippen LogP contribution in [0.2, 0.25) is 0 Å². The zero-order chi connectivity index (χ0) is 19.0. The van der Waals surface area contributed by atoms with Crippen molar-refractivity contribution in [2.45, 2.75) is 19.5 Å². The molecular formula is C16H25N3O5S. The molecule has 1 aromatic carbocycles. The summed E-state index contributed by atoms with van der Waals surface area (Å²) in [5.74, 6) is -0.899. The van der Waals surface area contributed by atoms with Crippen molar-refractivity contribution in [2.75, 3.05) is 33.0 Å². The molecule has 1 rings (SSSR count). The van der Waals surface area contributed by atoms with Gasteiger partial charge in [0.15, 0.2) is 0 Å². The standard InChI is InChI=1S/C16H25N3O5S/c1-13(16(22)17-9-10-20)19(11-14-7-5-4-6-8-14)15(21)12-18(2)25(3,23)24/h4-8,13,20H,9-12H2,1-3H3,(H,17,22). The van der Waals surface area contributed by atoms with Gasteiger partial charge in [-0.05, 0) is 12.5 Å². The summed E-state index contributed by atoms with van der Waals surface area (Å²) in [5.41, 5.74) is 0.819. The lowest BCUT2D eigenvalue weighted by Gasteiger charge is -2.30. The van der Waals surface area contributed by atoms with Gasteiger partial charge in [-0.3, -0.25) is 9.59 Å². The van der Waals surface area contributed by atoms with Gasteiger partial charge in [0.05, 0.1) is 19.4 Å². The molecule has 0 spiro atoms. The summed E-state index contributed by atoms with van der Waals surface area (Å²) < 4.78 is 24.0. The summed E-state index contributed by atoms with van der Waals surface area (Å²) >= 11 is 0. The van der Waals surface area contributed by atoms with Crippen molar-refractivity contribution in [1.82, 2.24) is 14.5 Å². The van der Waals surface area contributed by atoms with Crippen molar-refractivity contribution < 1.29 is 23.1 Å². The molecule has 0 aliphatic heterocycles. The first-order chi connectivity index (χ1) is 11.7. The van der Waals surface area contributed by atoms with Crippen LogP contribution in [0.1, 0.15) is 12.5 Å². The zero-order valence-electron chi connectivity index (χ0n) is 14.7. The first kappa shape index (κ1) is 21.1. The molecule has 0 saturated heterocycles. The third-order valence-corrected chi connectivity index (χ3v) is 4.96. The minimum atomic E-state index is -3.51. The van der Waals surface area contributed by atoms with E-state index in [0.29, 0.717) is 0 Å². The maximum Gasteiger partial charge on any atom is 0.242 e. The quantitative estimate of drug-likeness (QED) is 0.603. The summed E-state index contributed by atoms with van der Waals surface area (Å²) in [6.45, 7) is 1.25. The first-order valence-electron chi connectivity index (χ1n) is 7.80. The number of carbonyl (C=O) groups excluding carboxylic acids is 2. The van der Waals surface area contributed by atoms with Gasteiger partial charge in [0.25, 0.3) is 0 Å². The predicted molar refractivity (Wildman–Crippen MR) is 94.0 cm³/mol. The molecule has 140 valence electrons. The first-order valence-corrected chi connectivity index (χ1v) is 9.65. The molecule has 25 heavy (non-hydrogen) atoms. The second-order valence-corrected chi connectivity index (χ2v) is 7.81. The van der Waals surface area contributed by atoms with Gasteiger partial charge in [0, 0.05) is 20.1 Å². The van der Waals surface area contributed by atoms with Crippen LogP contribution in [0.15, 0.2) is 30.3 Å². The highest BCUT2D eigenvalue weighted by Crippen LogP contribution is 2.10. The third-order valence-electron chi connectivity index (χ3n) is 3.70. The van der Waals surface area contributed by atoms with Crippen molar-refractivity contribution in [1.29, 1.82) is 0 Å². The number of hydrogen-bond acceptors (Lipinski definition) is 5. The van der Waals surface area contributed by atoms with E-state index in [-0.39, 0.29) is 26.2 Å². The maximum atomic E-state index is 12.6. The van der Waals surface area contributed by atoms with Crippen LogP contribution in [0.25, 0.3) is 0 Å². The lowest BCUT2D eigenvalue weighted by molar-refractivity contribution is -0.140. The molecule has 0 heterocycles. The highest BCUT2D eigenvalue weighted by atomic mass is 32.2. The molecule has 0 fully saturated rings. The smallest absolute Gasteiger partial charge is 0.242 e. The molecule has 1 aromatic rings. The molecule has 1 atom stereocenters. The Morgan fingerprint density at radius 2 is 1.84 bits per heavy atom. The minimum Gasteiger partial charge on any atom is -0.395 e. The van der Waals surface area contributed by atoms with E-state index in [9.17, 15) is 18.0 Å². The maximum absolute atomic E-state index is 12.6. The van der Waals surface area contributed by atoms with Crippen LogP contribution in [0.3, 0.4) is 0 Å². The molecule has 0 saturated carbocycles. The topological polar surface area (TPSA) is 107 Å². The number of nitrogens with one attached hydrogen (secondary N) is 1. The zero-order valence-corrected chi connectivity index (χ0v) is 15.5. The predicted octanol–water partition coefficient (Wildman–Crippen LogP) is -0.596. The highest BCUT2D eigenvalue weighted by molar-refractivity contribution is 7.88. The normalized spacial score (nSPS) is 12.7. The average molecular weight is 371 g/mol. The van der Waals surface area contributed by atoms with Crippen LogP contribution >= 0.6 is 0 Å². The molecule has 0 aliphatic rings. The summed E-state index contributed by atoms with van der Waals surface area (Å²) in [7, 11) is -2.20. The monoisotopic (exact) mass is 371 g/mol. The average Bonchev–Trinajstić information content (AvgIpc) is 2.56. The molecule has 0 aliphatic carbocycles. The molecule has 9 heteroatoms. The number of aliphatic hydroxyl groups is 1. The fourth-order valence-corrected chi connectivity index (χ4v) is 2.43. The number of aliphatic hydroxyl groups excluding tert-OH is 1. The van der Waals surface area contributed by atoms with Crippen molar-refractivity contribution in [3.63, 3.8) is 0 Å². The largest absolute Gasteiger partial charge is 0.395 e. The van der Waals surface area contributed by atoms with Crippen molar-refractivity contribution >= 4 is 21.8 Å². The van der Waals surface area contributed by atoms with Crippen molar-refractivity contribution in [3.8, 4) is 0 Å². The molecule has 0 aromatic heterocycles. The van der Waals surface area contributed by atoms with Crippen LogP contribution in [0.4, 0.5) is 0 Å². The molecule has 0 bridgehead atoms. The van der Waals surface area contributed by atoms with E-state index in [1.54, 1.807) is 6.92 Å². The Bertz CT molecular complexity index is 678. The Morgan fingerprint density at radius 3 is 2.36 bits per heavy atom. The van der Waals surface area contributed by atoms with Gasteiger partial charge in [0.2, 0.25) is 21.8 Å². The van der Waals surface area contributed by atoms with Gasteiger partial charge in [-0.15, -0.1) is 0 Å². The van der Waals surface area contributed by atoms with E-state index in [1.165, 1.54) is 11.9 Å². The highest BCUT2D eigenvalue weighted by Gasteiger charge is 2.28. The number of rotatable bonds is 9. The molecule has 1 unspecified atom stereocenters. The van der Waals surface area contributed by atoms with Gasteiger partial charge in [0.1, 0.15) is 6.04 Å². The Labute approximate surface area is 148 Å². The van der Waals surface area contributed by atoms with Crippen LogP contribution < -0.4 is 5.32 Å². The molecule has 0 radical (unpaired) electrons. The Morgan fingerprint density at radius 1 is 1.24 bits per heavy atom. The Kier molecular flexibility index (Phi) is 8.01. The number of amides is 2. The lowest BCUT2D eigenvalue weighted by atomic mass is 10.1. The summed E-state index contributed by atoms with van der Waals surface area (Å²) in [4.78, 5) is 26.1. The van der Waals surface area contributed by atoms with Gasteiger partial charge >= 0.3 is 0 Å². The van der Waals surface area contributed by atoms with E-state index in [4.69, 9.17) is 5.11 Å². The summed E-state index contributed by atoms with van der Waals surface area (Å²) in [5, 5.41) is 11.3. The summed E-state index contributed by atoms with van der Waals surface area (Å²) in [6, 6.07) is 8.29. The number of carbonyl (C=O) groups is 2. The fraction of sp³-hybridized carbons (Fsp3) is 0.500. The molecule has 2 amide bonds. The molecular weight excluding hydrogens is 346 g/mol. The van der Waals surface area contributed by atoms with Gasteiger partial charge in [-0.25, -0.2) is 8.42 Å². The Hall–Kier alpha value is -1.97. The second kappa shape index (κ2) is 9.50. The van der Waals surface area contributed by atoms with Crippen LogP contribution in [0.5, 0.6) is 0 Å². The number of sulfonamides is 1. The number of benzene rings is 1. The van der Waals surface area contributed by atoms with Crippen molar-refractivity contribution in [3.05, 3.63) is 35.9 Å². The molecule has 2 N–H and O–H groups in total. The van der Waals surface area contributed by atoms with Gasteiger partial charge in [-0.1, -0.05) is 30.3 Å². The SMILES string of the molecule is CC(C(=O)NCCO)N(Cc1ccccc1)C(=O)CN(C)S(C)(=O)=O. The van der Waals surface area contributed by atoms with E-state index >= 15 is 0 Å². The van der Waals surface area contributed by atoms with Crippen molar-refractivity contribution in [2.24, 2.45) is 0 Å². The third kappa shape index (κ3) is 6.81. The minimum absolute atomic E-state index is 0.0831. The van der Waals surface area contributed by atoms with E-state index in [0.717, 1.165) is 16.1 Å². The molecule has 8 nitrogen and oxygen atoms in total. The van der Waals surface area contributed by atoms with E-state index < -0.39 is 27.9 Å². The van der Waals surface area contributed by atoms with Gasteiger partial charge in [-0.2, -0.15) is 4.31 Å². The number of likely N-dealkylation sites (N-methyl/N-ethyl adjacent to an activating group) is 1. The summed E-state index contributed by atoms with van der Waals surface area (Å²) in [6.07, 6.45) is 1.01. The van der Waals surface area contributed by atoms with E-state index in [2.05, 4.69) is 5.32 Å². The number of hydrogen-bond donors (Lipinski definition) is 2. The van der Waals surface area contributed by atoms with Crippen LogP contribution in [-0.2, 0) is 26.2 Å². The Balaban J connectivity index is 2.97. The fourth-order valence-electron chi connectivity index (χ4n) is 2.09. The second-order valence-electron chi connectivity index (χ2n) is 5.72. The number of nitrogens with zero attached hydrogens (tertiary/aromatic N) is 2.